The maximum atomic E-state index is 13.8. The number of carbonyl (C=O) groups excluding carboxylic acids is 4. The molecule has 4 aliphatic rings. The molecule has 0 aromatic heterocycles. The van der Waals surface area contributed by atoms with Gasteiger partial charge in [0.25, 0.3) is 11.8 Å². The first-order valence-electron chi connectivity index (χ1n) is 11.6. The van der Waals surface area contributed by atoms with Crippen LogP contribution in [0.1, 0.15) is 24.3 Å². The molecule has 10 heteroatoms. The Morgan fingerprint density at radius 1 is 1.00 bits per heavy atom. The van der Waals surface area contributed by atoms with E-state index in [4.69, 9.17) is 23.2 Å². The Balaban J connectivity index is 1.65. The zero-order chi connectivity index (χ0) is 25.7. The number of amides is 4. The molecule has 2 aliphatic heterocycles. The van der Waals surface area contributed by atoms with Crippen LogP contribution in [0.4, 0.5) is 0 Å². The number of allylic oxidation sites excluding steroid dienone is 2. The third kappa shape index (κ3) is 2.70. The first-order chi connectivity index (χ1) is 17.1. The Hall–Kier alpha value is -2.42. The van der Waals surface area contributed by atoms with Gasteiger partial charge in [-0.15, -0.1) is 23.2 Å². The van der Waals surface area contributed by atoms with Crippen LogP contribution in [0.15, 0.2) is 48.0 Å². The van der Waals surface area contributed by atoms with Crippen molar-refractivity contribution in [3.8, 4) is 5.75 Å². The third-order valence-electron chi connectivity index (χ3n) is 8.48. The van der Waals surface area contributed by atoms with Gasteiger partial charge in [-0.05, 0) is 35.8 Å². The standard InChI is InChI=1S/C26H21BrCl2N2O5/c1-30-21(33)16-7-6-15-17(19(16)22(30)34)10-25(28)23(35)31(11-27)24(36)26(25,29)20(15)14-8-9-18(32)13-5-3-2-4-12(13)14/h2-6,8-9,16-17,19-20,32H,7,10-11H2,1H3/t16-,17+,19-,20-,25+,26-/m0/s1. The van der Waals surface area contributed by atoms with Crippen LogP contribution in [0.5, 0.6) is 5.75 Å². The number of likely N-dealkylation sites (tertiary alicyclic amines) is 2. The maximum Gasteiger partial charge on any atom is 0.254 e. The smallest absolute Gasteiger partial charge is 0.254 e. The molecule has 2 saturated heterocycles. The van der Waals surface area contributed by atoms with Crippen LogP contribution in [0.3, 0.4) is 0 Å². The number of hydrogen-bond acceptors (Lipinski definition) is 5. The van der Waals surface area contributed by atoms with Crippen molar-refractivity contribution in [1.29, 1.82) is 0 Å². The lowest BCUT2D eigenvalue weighted by Gasteiger charge is -2.51. The summed E-state index contributed by atoms with van der Waals surface area (Å²) in [6.45, 7) is 0. The molecule has 2 aliphatic carbocycles. The van der Waals surface area contributed by atoms with Gasteiger partial charge in [0.1, 0.15) is 5.75 Å². The van der Waals surface area contributed by atoms with E-state index in [0.717, 1.165) is 15.4 Å². The Labute approximate surface area is 225 Å². The van der Waals surface area contributed by atoms with Crippen LogP contribution < -0.4 is 0 Å². The van der Waals surface area contributed by atoms with E-state index < -0.39 is 45.2 Å². The van der Waals surface area contributed by atoms with Crippen molar-refractivity contribution in [3.05, 3.63) is 53.6 Å². The van der Waals surface area contributed by atoms with Crippen LogP contribution in [0.2, 0.25) is 0 Å². The van der Waals surface area contributed by atoms with E-state index in [-0.39, 0.29) is 29.4 Å². The summed E-state index contributed by atoms with van der Waals surface area (Å²) in [7, 11) is 1.47. The SMILES string of the molecule is CN1C(=O)[C@H]2[C@H](CC=C3[C@H]2C[C@@]2(Cl)C(=O)N(CBr)C(=O)[C@@]2(Cl)[C@H]3c2ccc(O)c3ccccc23)C1=O. The number of nitrogens with zero attached hydrogens (tertiary/aromatic N) is 2. The number of hydrogen-bond donors (Lipinski definition) is 1. The van der Waals surface area contributed by atoms with Crippen LogP contribution in [0.25, 0.3) is 10.8 Å². The van der Waals surface area contributed by atoms with E-state index in [1.807, 2.05) is 18.2 Å². The largest absolute Gasteiger partial charge is 0.507 e. The second-order valence-electron chi connectivity index (χ2n) is 9.94. The van der Waals surface area contributed by atoms with Crippen molar-refractivity contribution in [2.75, 3.05) is 12.5 Å². The number of imide groups is 2. The topological polar surface area (TPSA) is 95.0 Å². The number of phenols is 1. The van der Waals surface area contributed by atoms with Gasteiger partial charge in [-0.3, -0.25) is 29.0 Å². The molecule has 0 unspecified atom stereocenters. The number of halogens is 3. The summed E-state index contributed by atoms with van der Waals surface area (Å²) in [5.74, 6) is -4.40. The number of aromatic hydroxyl groups is 1. The van der Waals surface area contributed by atoms with Gasteiger partial charge in [0.15, 0.2) is 9.75 Å². The fourth-order valence-electron chi connectivity index (χ4n) is 6.81. The van der Waals surface area contributed by atoms with Crippen LogP contribution in [-0.2, 0) is 19.2 Å². The highest BCUT2D eigenvalue weighted by atomic mass is 79.9. The van der Waals surface area contributed by atoms with E-state index >= 15 is 0 Å². The number of benzene rings is 2. The van der Waals surface area contributed by atoms with E-state index in [2.05, 4.69) is 15.9 Å². The Bertz CT molecular complexity index is 1430. The van der Waals surface area contributed by atoms with Gasteiger partial charge in [-0.2, -0.15) is 0 Å². The summed E-state index contributed by atoms with van der Waals surface area (Å²) in [5.41, 5.74) is 1.28. The number of fused-ring (bicyclic) bond motifs is 5. The van der Waals surface area contributed by atoms with E-state index in [1.54, 1.807) is 18.2 Å². The van der Waals surface area contributed by atoms with Crippen molar-refractivity contribution >= 4 is 73.5 Å². The summed E-state index contributed by atoms with van der Waals surface area (Å²) >= 11 is 17.7. The van der Waals surface area contributed by atoms with Gasteiger partial charge in [-0.25, -0.2) is 0 Å². The van der Waals surface area contributed by atoms with E-state index in [0.29, 0.717) is 22.8 Å². The summed E-state index contributed by atoms with van der Waals surface area (Å²) < 4.78 is 0. The highest BCUT2D eigenvalue weighted by molar-refractivity contribution is 9.09. The summed E-state index contributed by atoms with van der Waals surface area (Å²) in [5, 5.41) is 11.7. The molecule has 7 nitrogen and oxygen atoms in total. The second kappa shape index (κ2) is 7.79. The second-order valence-corrected chi connectivity index (χ2v) is 11.7. The molecular formula is C26H21BrCl2N2O5. The van der Waals surface area contributed by atoms with Crippen LogP contribution in [0, 0.1) is 17.8 Å². The Morgan fingerprint density at radius 2 is 1.69 bits per heavy atom. The summed E-state index contributed by atoms with van der Waals surface area (Å²) in [4.78, 5) is 52.0. The van der Waals surface area contributed by atoms with Crippen molar-refractivity contribution in [3.63, 3.8) is 0 Å². The van der Waals surface area contributed by atoms with Crippen LogP contribution in [-0.4, -0.2) is 60.8 Å². The van der Waals surface area contributed by atoms with Gasteiger partial charge < -0.3 is 5.11 Å². The number of carbonyl (C=O) groups is 4. The monoisotopic (exact) mass is 590 g/mol. The van der Waals surface area contributed by atoms with Gasteiger partial charge in [0.05, 0.1) is 17.3 Å². The number of phenolic OH excluding ortho intramolecular Hbond substituents is 1. The molecule has 2 heterocycles. The predicted molar refractivity (Wildman–Crippen MR) is 137 cm³/mol. The van der Waals surface area contributed by atoms with Gasteiger partial charge in [-0.1, -0.05) is 57.9 Å². The molecule has 0 bridgehead atoms. The van der Waals surface area contributed by atoms with Crippen molar-refractivity contribution < 1.29 is 24.3 Å². The molecule has 1 N–H and O–H groups in total. The Morgan fingerprint density at radius 3 is 2.39 bits per heavy atom. The molecule has 6 rings (SSSR count). The lowest BCUT2D eigenvalue weighted by atomic mass is 9.56. The maximum absolute atomic E-state index is 13.8. The minimum Gasteiger partial charge on any atom is -0.507 e. The fourth-order valence-corrected chi connectivity index (χ4v) is 8.23. The van der Waals surface area contributed by atoms with Crippen molar-refractivity contribution in [2.24, 2.45) is 17.8 Å². The highest BCUT2D eigenvalue weighted by Gasteiger charge is 2.76. The van der Waals surface area contributed by atoms with E-state index in [9.17, 15) is 24.3 Å². The normalized spacial score (nSPS) is 35.7. The average Bonchev–Trinajstić information content (AvgIpc) is 3.18. The molecule has 36 heavy (non-hydrogen) atoms. The quantitative estimate of drug-likeness (QED) is 0.247. The highest BCUT2D eigenvalue weighted by Crippen LogP contribution is 2.66. The summed E-state index contributed by atoms with van der Waals surface area (Å²) in [6.07, 6.45) is 2.18. The zero-order valence-corrected chi connectivity index (χ0v) is 22.2. The van der Waals surface area contributed by atoms with Gasteiger partial charge in [0.2, 0.25) is 11.8 Å². The minimum absolute atomic E-state index is 0.0431. The minimum atomic E-state index is -1.87. The zero-order valence-electron chi connectivity index (χ0n) is 19.1. The van der Waals surface area contributed by atoms with E-state index in [1.165, 1.54) is 13.1 Å². The van der Waals surface area contributed by atoms with Gasteiger partial charge in [0, 0.05) is 18.4 Å². The molecule has 4 amide bonds. The van der Waals surface area contributed by atoms with Crippen LogP contribution >= 0.6 is 39.1 Å². The first kappa shape index (κ1) is 23.9. The first-order valence-corrected chi connectivity index (χ1v) is 13.5. The number of alkyl halides is 3. The molecule has 0 spiro atoms. The number of rotatable bonds is 2. The van der Waals surface area contributed by atoms with Crippen molar-refractivity contribution in [2.45, 2.75) is 28.5 Å². The average molecular weight is 592 g/mol. The molecule has 2 aromatic carbocycles. The van der Waals surface area contributed by atoms with Gasteiger partial charge >= 0.3 is 0 Å². The molecule has 6 atom stereocenters. The predicted octanol–water partition coefficient (Wildman–Crippen LogP) is 3.89. The molecule has 1 saturated carbocycles. The Kier molecular flexibility index (Phi) is 5.18. The molecular weight excluding hydrogens is 571 g/mol. The molecule has 2 aromatic rings. The fraction of sp³-hybridized carbons (Fsp3) is 0.385. The van der Waals surface area contributed by atoms with Crippen molar-refractivity contribution in [1.82, 2.24) is 9.80 Å². The molecule has 0 radical (unpaired) electrons. The lowest BCUT2D eigenvalue weighted by molar-refractivity contribution is -0.140. The summed E-state index contributed by atoms with van der Waals surface area (Å²) in [6, 6.07) is 10.4. The molecule has 186 valence electrons. The molecule has 3 fully saturated rings. The third-order valence-corrected chi connectivity index (χ3v) is 10.4. The lowest BCUT2D eigenvalue weighted by Crippen LogP contribution is -2.60.